The largest absolute Gasteiger partial charge is 0.317 e. The van der Waals surface area contributed by atoms with Crippen LogP contribution < -0.4 is 5.32 Å². The number of aromatic nitrogens is 2. The van der Waals surface area contributed by atoms with E-state index in [9.17, 15) is 0 Å². The molecule has 0 bridgehead atoms. The second-order valence-corrected chi connectivity index (χ2v) is 5.62. The topological polar surface area (TPSA) is 29.9 Å². The Labute approximate surface area is 116 Å². The number of aryl methyl sites for hydroxylation is 2. The molecular formula is C16H25N3. The van der Waals surface area contributed by atoms with Crippen molar-refractivity contribution in [2.45, 2.75) is 39.2 Å². The van der Waals surface area contributed by atoms with Crippen LogP contribution in [0.2, 0.25) is 0 Å². The Morgan fingerprint density at radius 2 is 2.00 bits per heavy atom. The SMILES string of the molecule is CNC(CCCc1nn(C)c2ccccc12)C(C)C. The zero-order chi connectivity index (χ0) is 13.8. The van der Waals surface area contributed by atoms with Gasteiger partial charge < -0.3 is 5.32 Å². The molecule has 0 radical (unpaired) electrons. The summed E-state index contributed by atoms with van der Waals surface area (Å²) in [4.78, 5) is 0. The minimum atomic E-state index is 0.606. The molecule has 2 aromatic rings. The van der Waals surface area contributed by atoms with E-state index in [0.717, 1.165) is 6.42 Å². The van der Waals surface area contributed by atoms with Gasteiger partial charge in [0.2, 0.25) is 0 Å². The lowest BCUT2D eigenvalue weighted by atomic mass is 9.97. The first-order valence-corrected chi connectivity index (χ1v) is 7.21. The van der Waals surface area contributed by atoms with Gasteiger partial charge in [-0.05, 0) is 38.3 Å². The lowest BCUT2D eigenvalue weighted by Gasteiger charge is -2.19. The van der Waals surface area contributed by atoms with E-state index < -0.39 is 0 Å². The van der Waals surface area contributed by atoms with Gasteiger partial charge in [0.25, 0.3) is 0 Å². The summed E-state index contributed by atoms with van der Waals surface area (Å²) >= 11 is 0. The molecule has 0 aliphatic rings. The van der Waals surface area contributed by atoms with Crippen molar-refractivity contribution in [3.8, 4) is 0 Å². The van der Waals surface area contributed by atoms with Crippen LogP contribution in [-0.4, -0.2) is 22.9 Å². The summed E-state index contributed by atoms with van der Waals surface area (Å²) in [6.45, 7) is 4.55. The predicted octanol–water partition coefficient (Wildman–Crippen LogP) is 3.14. The summed E-state index contributed by atoms with van der Waals surface area (Å²) in [6.07, 6.45) is 3.45. The van der Waals surface area contributed by atoms with Crippen molar-refractivity contribution in [1.82, 2.24) is 15.1 Å². The summed E-state index contributed by atoms with van der Waals surface area (Å²) in [7, 11) is 4.08. The second-order valence-electron chi connectivity index (χ2n) is 5.62. The van der Waals surface area contributed by atoms with Gasteiger partial charge >= 0.3 is 0 Å². The molecule has 104 valence electrons. The molecule has 1 atom stereocenters. The maximum atomic E-state index is 4.65. The molecule has 1 N–H and O–H groups in total. The molecule has 3 heteroatoms. The van der Waals surface area contributed by atoms with Gasteiger partial charge in [0.05, 0.1) is 11.2 Å². The molecule has 2 rings (SSSR count). The van der Waals surface area contributed by atoms with E-state index >= 15 is 0 Å². The smallest absolute Gasteiger partial charge is 0.0703 e. The Morgan fingerprint density at radius 3 is 2.68 bits per heavy atom. The third-order valence-electron chi connectivity index (χ3n) is 3.94. The molecule has 0 saturated heterocycles. The van der Waals surface area contributed by atoms with Gasteiger partial charge in [0, 0.05) is 18.5 Å². The van der Waals surface area contributed by atoms with E-state index in [1.54, 1.807) is 0 Å². The molecular weight excluding hydrogens is 234 g/mol. The number of para-hydroxylation sites is 1. The fourth-order valence-electron chi connectivity index (χ4n) is 2.77. The summed E-state index contributed by atoms with van der Waals surface area (Å²) in [5.41, 5.74) is 2.46. The Bertz CT molecular complexity index is 528. The third kappa shape index (κ3) is 3.16. The van der Waals surface area contributed by atoms with Crippen LogP contribution in [0.5, 0.6) is 0 Å². The van der Waals surface area contributed by atoms with Gasteiger partial charge in [0.15, 0.2) is 0 Å². The lowest BCUT2D eigenvalue weighted by molar-refractivity contribution is 0.393. The first kappa shape index (κ1) is 14.1. The number of nitrogens with zero attached hydrogens (tertiary/aromatic N) is 2. The van der Waals surface area contributed by atoms with Gasteiger partial charge in [0.1, 0.15) is 0 Å². The molecule has 0 saturated carbocycles. The molecule has 1 aromatic heterocycles. The average molecular weight is 259 g/mol. The number of fused-ring (bicyclic) bond motifs is 1. The highest BCUT2D eigenvalue weighted by molar-refractivity contribution is 5.81. The van der Waals surface area contributed by atoms with Crippen LogP contribution in [0, 0.1) is 5.92 Å². The van der Waals surface area contributed by atoms with Crippen LogP contribution in [0.1, 0.15) is 32.4 Å². The highest BCUT2D eigenvalue weighted by Crippen LogP contribution is 2.20. The number of nitrogens with one attached hydrogen (secondary N) is 1. The van der Waals surface area contributed by atoms with Crippen molar-refractivity contribution in [1.29, 1.82) is 0 Å². The van der Waals surface area contributed by atoms with Crippen LogP contribution >= 0.6 is 0 Å². The van der Waals surface area contributed by atoms with Crippen LogP contribution in [0.4, 0.5) is 0 Å². The highest BCUT2D eigenvalue weighted by Gasteiger charge is 2.12. The Balaban J connectivity index is 2.02. The fraction of sp³-hybridized carbons (Fsp3) is 0.562. The lowest BCUT2D eigenvalue weighted by Crippen LogP contribution is -2.30. The van der Waals surface area contributed by atoms with Crippen LogP contribution in [-0.2, 0) is 13.5 Å². The fourth-order valence-corrected chi connectivity index (χ4v) is 2.77. The van der Waals surface area contributed by atoms with Gasteiger partial charge in [-0.25, -0.2) is 0 Å². The van der Waals surface area contributed by atoms with Crippen molar-refractivity contribution in [2.24, 2.45) is 13.0 Å². The van der Waals surface area contributed by atoms with Gasteiger partial charge in [-0.1, -0.05) is 32.0 Å². The van der Waals surface area contributed by atoms with Crippen LogP contribution in [0.25, 0.3) is 10.9 Å². The number of hydrogen-bond donors (Lipinski definition) is 1. The maximum Gasteiger partial charge on any atom is 0.0703 e. The first-order chi connectivity index (χ1) is 9.13. The summed E-state index contributed by atoms with van der Waals surface area (Å²) in [5, 5.41) is 9.36. The van der Waals surface area contributed by atoms with E-state index in [2.05, 4.69) is 55.6 Å². The quantitative estimate of drug-likeness (QED) is 0.863. The minimum absolute atomic E-state index is 0.606. The summed E-state index contributed by atoms with van der Waals surface area (Å²) < 4.78 is 1.99. The van der Waals surface area contributed by atoms with Crippen molar-refractivity contribution in [3.05, 3.63) is 30.0 Å². The molecule has 0 aliphatic heterocycles. The second kappa shape index (κ2) is 6.20. The predicted molar refractivity (Wildman–Crippen MR) is 81.3 cm³/mol. The molecule has 0 spiro atoms. The Hall–Kier alpha value is -1.35. The number of hydrogen-bond acceptors (Lipinski definition) is 2. The van der Waals surface area contributed by atoms with E-state index in [-0.39, 0.29) is 0 Å². The third-order valence-corrected chi connectivity index (χ3v) is 3.94. The monoisotopic (exact) mass is 259 g/mol. The van der Waals surface area contributed by atoms with Gasteiger partial charge in [-0.2, -0.15) is 5.10 Å². The summed E-state index contributed by atoms with van der Waals surface area (Å²) in [6, 6.07) is 9.09. The Kier molecular flexibility index (Phi) is 4.59. The first-order valence-electron chi connectivity index (χ1n) is 7.21. The zero-order valence-electron chi connectivity index (χ0n) is 12.5. The zero-order valence-corrected chi connectivity index (χ0v) is 12.5. The van der Waals surface area contributed by atoms with Crippen molar-refractivity contribution >= 4 is 10.9 Å². The molecule has 3 nitrogen and oxygen atoms in total. The van der Waals surface area contributed by atoms with E-state index in [4.69, 9.17) is 0 Å². The summed E-state index contributed by atoms with van der Waals surface area (Å²) in [5.74, 6) is 0.686. The number of benzene rings is 1. The molecule has 19 heavy (non-hydrogen) atoms. The highest BCUT2D eigenvalue weighted by atomic mass is 15.3. The maximum absolute atomic E-state index is 4.65. The van der Waals surface area contributed by atoms with Crippen molar-refractivity contribution in [2.75, 3.05) is 7.05 Å². The molecule has 1 unspecified atom stereocenters. The molecule has 1 aromatic carbocycles. The van der Waals surface area contributed by atoms with Gasteiger partial charge in [-0.15, -0.1) is 0 Å². The van der Waals surface area contributed by atoms with Crippen LogP contribution in [0.15, 0.2) is 24.3 Å². The number of rotatable bonds is 6. The molecule has 1 heterocycles. The van der Waals surface area contributed by atoms with Crippen LogP contribution in [0.3, 0.4) is 0 Å². The minimum Gasteiger partial charge on any atom is -0.317 e. The van der Waals surface area contributed by atoms with Crippen molar-refractivity contribution in [3.63, 3.8) is 0 Å². The normalized spacial score (nSPS) is 13.3. The van der Waals surface area contributed by atoms with E-state index in [1.165, 1.54) is 29.4 Å². The van der Waals surface area contributed by atoms with Crippen molar-refractivity contribution < 1.29 is 0 Å². The molecule has 0 fully saturated rings. The Morgan fingerprint density at radius 1 is 1.26 bits per heavy atom. The average Bonchev–Trinajstić information content (AvgIpc) is 2.72. The van der Waals surface area contributed by atoms with E-state index in [0.29, 0.717) is 12.0 Å². The van der Waals surface area contributed by atoms with E-state index in [1.807, 2.05) is 11.7 Å². The van der Waals surface area contributed by atoms with Gasteiger partial charge in [-0.3, -0.25) is 4.68 Å². The molecule has 0 aliphatic carbocycles. The molecule has 0 amide bonds. The standard InChI is InChI=1S/C16H25N3/c1-12(2)14(17-3)9-7-10-15-13-8-5-6-11-16(13)19(4)18-15/h5-6,8,11-12,14,17H,7,9-10H2,1-4H3.